The van der Waals surface area contributed by atoms with Gasteiger partial charge in [-0.2, -0.15) is 0 Å². The number of ether oxygens (including phenoxy) is 1. The molecule has 2 fully saturated rings. The van der Waals surface area contributed by atoms with Crippen LogP contribution >= 0.6 is 0 Å². The van der Waals surface area contributed by atoms with Crippen molar-refractivity contribution in [1.29, 1.82) is 0 Å². The monoisotopic (exact) mass is 577 g/mol. The van der Waals surface area contributed by atoms with Crippen LogP contribution in [0.1, 0.15) is 48.9 Å². The van der Waals surface area contributed by atoms with Crippen LogP contribution in [-0.2, 0) is 23.1 Å². The van der Waals surface area contributed by atoms with Gasteiger partial charge in [0.05, 0.1) is 18.5 Å². The number of pyridine rings is 1. The SMILES string of the molecule is Cc1cccnc1CN(C(=O)NC1CCC1)C1CCN(Cc2ccc(Oc3ccc(NS(C)(=O)=O)cc3)cc2)CC1. The molecule has 1 saturated heterocycles. The Morgan fingerprint density at radius 2 is 1.66 bits per heavy atom. The summed E-state index contributed by atoms with van der Waals surface area (Å²) in [5.74, 6) is 1.35. The van der Waals surface area contributed by atoms with Crippen molar-refractivity contribution >= 4 is 21.7 Å². The summed E-state index contributed by atoms with van der Waals surface area (Å²) in [4.78, 5) is 22.3. The summed E-state index contributed by atoms with van der Waals surface area (Å²) in [6, 6.07) is 19.4. The van der Waals surface area contributed by atoms with Gasteiger partial charge in [0.1, 0.15) is 11.5 Å². The molecule has 0 unspecified atom stereocenters. The van der Waals surface area contributed by atoms with Gasteiger partial charge in [-0.1, -0.05) is 18.2 Å². The van der Waals surface area contributed by atoms with Crippen molar-refractivity contribution < 1.29 is 17.9 Å². The molecule has 9 nitrogen and oxygen atoms in total. The van der Waals surface area contributed by atoms with Gasteiger partial charge >= 0.3 is 6.03 Å². The van der Waals surface area contributed by atoms with Gasteiger partial charge in [0.15, 0.2) is 0 Å². The molecule has 1 saturated carbocycles. The first-order valence-electron chi connectivity index (χ1n) is 14.3. The molecular weight excluding hydrogens is 538 g/mol. The van der Waals surface area contributed by atoms with E-state index in [0.29, 0.717) is 29.8 Å². The van der Waals surface area contributed by atoms with Crippen molar-refractivity contribution in [2.45, 2.75) is 64.2 Å². The van der Waals surface area contributed by atoms with Gasteiger partial charge in [0, 0.05) is 43.6 Å². The molecule has 41 heavy (non-hydrogen) atoms. The van der Waals surface area contributed by atoms with Crippen molar-refractivity contribution in [1.82, 2.24) is 20.1 Å². The normalized spacial score (nSPS) is 16.5. The van der Waals surface area contributed by atoms with E-state index < -0.39 is 10.0 Å². The van der Waals surface area contributed by atoms with Crippen LogP contribution in [0.3, 0.4) is 0 Å². The Balaban J connectivity index is 1.14. The number of carbonyl (C=O) groups excluding carboxylic acids is 1. The van der Waals surface area contributed by atoms with Crippen molar-refractivity contribution in [3.05, 3.63) is 83.7 Å². The molecule has 1 aliphatic carbocycles. The van der Waals surface area contributed by atoms with E-state index >= 15 is 0 Å². The lowest BCUT2D eigenvalue weighted by atomic mass is 9.93. The number of sulfonamides is 1. The first-order valence-corrected chi connectivity index (χ1v) is 16.2. The van der Waals surface area contributed by atoms with Crippen LogP contribution in [-0.4, -0.2) is 60.7 Å². The molecule has 0 spiro atoms. The van der Waals surface area contributed by atoms with Crippen LogP contribution in [0.2, 0.25) is 0 Å². The average Bonchev–Trinajstić information content (AvgIpc) is 2.92. The van der Waals surface area contributed by atoms with Crippen molar-refractivity contribution in [2.24, 2.45) is 0 Å². The molecule has 2 N–H and O–H groups in total. The fourth-order valence-electron chi connectivity index (χ4n) is 5.27. The van der Waals surface area contributed by atoms with Gasteiger partial charge in [-0.3, -0.25) is 14.6 Å². The molecule has 2 aromatic carbocycles. The molecule has 218 valence electrons. The number of hydrogen-bond donors (Lipinski definition) is 2. The maximum atomic E-state index is 13.3. The molecule has 0 bridgehead atoms. The minimum atomic E-state index is -3.31. The minimum absolute atomic E-state index is 0.0371. The van der Waals surface area contributed by atoms with E-state index in [1.54, 1.807) is 30.5 Å². The molecule has 3 aromatic rings. The largest absolute Gasteiger partial charge is 0.457 e. The summed E-state index contributed by atoms with van der Waals surface area (Å²) >= 11 is 0. The molecule has 0 atom stereocenters. The Bertz CT molecular complexity index is 1420. The first kappa shape index (κ1) is 28.9. The second kappa shape index (κ2) is 12.9. The molecule has 5 rings (SSSR count). The minimum Gasteiger partial charge on any atom is -0.457 e. The van der Waals surface area contributed by atoms with Gasteiger partial charge in [0.2, 0.25) is 10.0 Å². The highest BCUT2D eigenvalue weighted by Gasteiger charge is 2.31. The van der Waals surface area contributed by atoms with Crippen molar-refractivity contribution in [3.63, 3.8) is 0 Å². The van der Waals surface area contributed by atoms with E-state index in [2.05, 4.69) is 45.0 Å². The third-order valence-corrected chi connectivity index (χ3v) is 8.46. The topological polar surface area (TPSA) is 104 Å². The number of amides is 2. The number of carbonyl (C=O) groups is 1. The quantitative estimate of drug-likeness (QED) is 0.340. The van der Waals surface area contributed by atoms with Gasteiger partial charge in [-0.05, 0) is 92.6 Å². The highest BCUT2D eigenvalue weighted by Crippen LogP contribution is 2.26. The second-order valence-electron chi connectivity index (χ2n) is 11.1. The zero-order chi connectivity index (χ0) is 28.8. The zero-order valence-corrected chi connectivity index (χ0v) is 24.6. The number of piperidine rings is 1. The second-order valence-corrected chi connectivity index (χ2v) is 12.9. The van der Waals surface area contributed by atoms with Gasteiger partial charge in [0.25, 0.3) is 0 Å². The fraction of sp³-hybridized carbons (Fsp3) is 0.419. The van der Waals surface area contributed by atoms with E-state index in [9.17, 15) is 13.2 Å². The van der Waals surface area contributed by atoms with Crippen molar-refractivity contribution in [2.75, 3.05) is 24.1 Å². The predicted octanol–water partition coefficient (Wildman–Crippen LogP) is 5.28. The Morgan fingerprint density at radius 1 is 1.00 bits per heavy atom. The third-order valence-electron chi connectivity index (χ3n) is 7.85. The van der Waals surface area contributed by atoms with Crippen LogP contribution < -0.4 is 14.8 Å². The summed E-state index contributed by atoms with van der Waals surface area (Å²) in [5.41, 5.74) is 3.77. The fourth-order valence-corrected chi connectivity index (χ4v) is 5.84. The number of anilines is 1. The molecule has 10 heteroatoms. The number of nitrogens with zero attached hydrogens (tertiary/aromatic N) is 3. The lowest BCUT2D eigenvalue weighted by Gasteiger charge is -2.40. The summed E-state index contributed by atoms with van der Waals surface area (Å²) in [7, 11) is -3.31. The van der Waals surface area contributed by atoms with E-state index in [-0.39, 0.29) is 12.1 Å². The zero-order valence-electron chi connectivity index (χ0n) is 23.8. The van der Waals surface area contributed by atoms with Crippen LogP contribution in [0, 0.1) is 6.92 Å². The highest BCUT2D eigenvalue weighted by atomic mass is 32.2. The number of aryl methyl sites for hydroxylation is 1. The van der Waals surface area contributed by atoms with Crippen LogP contribution in [0.4, 0.5) is 10.5 Å². The van der Waals surface area contributed by atoms with E-state index in [1.807, 2.05) is 23.1 Å². The number of likely N-dealkylation sites (tertiary alicyclic amines) is 1. The number of urea groups is 1. The summed E-state index contributed by atoms with van der Waals surface area (Å²) in [6.45, 7) is 5.27. The number of nitrogens with one attached hydrogen (secondary N) is 2. The molecule has 2 aliphatic rings. The van der Waals surface area contributed by atoms with Gasteiger partial charge in [-0.15, -0.1) is 0 Å². The Kier molecular flexibility index (Phi) is 9.09. The number of hydrogen-bond acceptors (Lipinski definition) is 6. The van der Waals surface area contributed by atoms with Crippen LogP contribution in [0.5, 0.6) is 11.5 Å². The molecule has 2 heterocycles. The standard InChI is InChI=1S/C31H39N5O4S/c1-23-5-4-18-32-30(23)22-36(31(37)33-25-6-3-7-25)27-16-19-35(20-17-27)21-24-8-12-28(13-9-24)40-29-14-10-26(11-15-29)34-41(2,38)39/h4-5,8-15,18,25,27,34H,3,6-7,16-17,19-22H2,1-2H3,(H,33,37). The molecule has 2 amide bonds. The smallest absolute Gasteiger partial charge is 0.318 e. The van der Waals surface area contributed by atoms with E-state index in [0.717, 1.165) is 62.8 Å². The maximum Gasteiger partial charge on any atom is 0.318 e. The lowest BCUT2D eigenvalue weighted by molar-refractivity contribution is 0.108. The van der Waals surface area contributed by atoms with Crippen LogP contribution in [0.15, 0.2) is 66.9 Å². The maximum absolute atomic E-state index is 13.3. The predicted molar refractivity (Wildman–Crippen MR) is 160 cm³/mol. The summed E-state index contributed by atoms with van der Waals surface area (Å²) in [5, 5.41) is 3.25. The Labute approximate surface area is 243 Å². The van der Waals surface area contributed by atoms with E-state index in [4.69, 9.17) is 4.74 Å². The molecular formula is C31H39N5O4S. The van der Waals surface area contributed by atoms with Crippen molar-refractivity contribution in [3.8, 4) is 11.5 Å². The Morgan fingerprint density at radius 3 is 2.24 bits per heavy atom. The van der Waals surface area contributed by atoms with Gasteiger partial charge in [-0.25, -0.2) is 13.2 Å². The average molecular weight is 578 g/mol. The summed E-state index contributed by atoms with van der Waals surface area (Å²) in [6.07, 6.45) is 8.10. The number of rotatable bonds is 10. The molecule has 0 radical (unpaired) electrons. The molecule has 1 aromatic heterocycles. The van der Waals surface area contributed by atoms with E-state index in [1.165, 1.54) is 12.0 Å². The summed E-state index contributed by atoms with van der Waals surface area (Å²) < 4.78 is 31.1. The first-order chi connectivity index (χ1) is 19.7. The lowest BCUT2D eigenvalue weighted by Crippen LogP contribution is -2.53. The van der Waals surface area contributed by atoms with Crippen LogP contribution in [0.25, 0.3) is 0 Å². The molecule has 1 aliphatic heterocycles. The van der Waals surface area contributed by atoms with Gasteiger partial charge < -0.3 is 15.0 Å². The highest BCUT2D eigenvalue weighted by molar-refractivity contribution is 7.92. The third kappa shape index (κ3) is 8.20. The Hall–Kier alpha value is -3.63. The number of aromatic nitrogens is 1. The number of benzene rings is 2.